The second-order valence-corrected chi connectivity index (χ2v) is 10.3. The van der Waals surface area contributed by atoms with Gasteiger partial charge in [-0.25, -0.2) is 8.42 Å². The van der Waals surface area contributed by atoms with Gasteiger partial charge in [-0.15, -0.1) is 0 Å². The number of sulfonamides is 1. The number of phenols is 3. The highest BCUT2D eigenvalue weighted by atomic mass is 32.2. The smallest absolute Gasteiger partial charge is 0.243 e. The fourth-order valence-electron chi connectivity index (χ4n) is 3.79. The summed E-state index contributed by atoms with van der Waals surface area (Å²) in [4.78, 5) is 2.19. The van der Waals surface area contributed by atoms with Gasteiger partial charge in [0.1, 0.15) is 0 Å². The van der Waals surface area contributed by atoms with Crippen LogP contribution in [0, 0.1) is 0 Å². The molecule has 12 nitrogen and oxygen atoms in total. The van der Waals surface area contributed by atoms with E-state index in [4.69, 9.17) is 21.7 Å². The standard InChI is InChI=1S/C22H27N5O7S2/c28-19-4-1-15(20(29)21(19)30)14-23-25-22(35)24-17-13-16(36(31,32)27-7-11-34-12-8-27)2-3-18(17)26-5-9-33-10-6-26/h1-4,13-14,28-30H,5-12H2,(H2,24,25,35)/b23-14+. The summed E-state index contributed by atoms with van der Waals surface area (Å²) in [6.45, 7) is 3.60. The molecule has 2 heterocycles. The molecule has 0 unspecified atom stereocenters. The number of nitrogens with one attached hydrogen (secondary N) is 2. The second-order valence-electron chi connectivity index (χ2n) is 7.99. The van der Waals surface area contributed by atoms with E-state index < -0.39 is 27.3 Å². The maximum absolute atomic E-state index is 13.2. The lowest BCUT2D eigenvalue weighted by atomic mass is 10.2. The first kappa shape index (κ1) is 25.9. The Balaban J connectivity index is 1.55. The third-order valence-corrected chi connectivity index (χ3v) is 7.79. The Bertz CT molecular complexity index is 1240. The molecular weight excluding hydrogens is 510 g/mol. The van der Waals surface area contributed by atoms with Crippen molar-refractivity contribution in [2.45, 2.75) is 4.90 Å². The van der Waals surface area contributed by atoms with Crippen LogP contribution in [0.3, 0.4) is 0 Å². The highest BCUT2D eigenvalue weighted by Gasteiger charge is 2.28. The van der Waals surface area contributed by atoms with Crippen molar-refractivity contribution in [2.24, 2.45) is 5.10 Å². The van der Waals surface area contributed by atoms with E-state index in [0.717, 1.165) is 5.69 Å². The predicted molar refractivity (Wildman–Crippen MR) is 137 cm³/mol. The van der Waals surface area contributed by atoms with Crippen molar-refractivity contribution in [1.29, 1.82) is 0 Å². The topological polar surface area (TPSA) is 156 Å². The van der Waals surface area contributed by atoms with Gasteiger partial charge in [0.05, 0.1) is 48.9 Å². The molecule has 2 aliphatic heterocycles. The van der Waals surface area contributed by atoms with Crippen LogP contribution in [0.4, 0.5) is 11.4 Å². The van der Waals surface area contributed by atoms with E-state index in [0.29, 0.717) is 45.2 Å². The zero-order valence-corrected chi connectivity index (χ0v) is 20.9. The predicted octanol–water partition coefficient (Wildman–Crippen LogP) is 0.981. The first-order valence-corrected chi connectivity index (χ1v) is 13.0. The maximum Gasteiger partial charge on any atom is 0.243 e. The van der Waals surface area contributed by atoms with E-state index in [2.05, 4.69) is 20.7 Å². The van der Waals surface area contributed by atoms with Crippen molar-refractivity contribution >= 4 is 44.9 Å². The Labute approximate surface area is 213 Å². The molecule has 0 radical (unpaired) electrons. The van der Waals surface area contributed by atoms with Crippen LogP contribution in [0.1, 0.15) is 5.56 Å². The number of hydrogen-bond donors (Lipinski definition) is 5. The van der Waals surface area contributed by atoms with E-state index >= 15 is 0 Å². The number of rotatable bonds is 6. The van der Waals surface area contributed by atoms with Crippen LogP contribution < -0.4 is 15.6 Å². The van der Waals surface area contributed by atoms with Crippen molar-refractivity contribution in [3.8, 4) is 17.2 Å². The first-order valence-electron chi connectivity index (χ1n) is 11.2. The molecule has 0 aromatic heterocycles. The summed E-state index contributed by atoms with van der Waals surface area (Å²) in [6, 6.07) is 7.43. The summed E-state index contributed by atoms with van der Waals surface area (Å²) < 4.78 is 38.5. The van der Waals surface area contributed by atoms with Crippen molar-refractivity contribution in [1.82, 2.24) is 9.73 Å². The molecule has 2 saturated heterocycles. The van der Waals surface area contributed by atoms with E-state index in [1.807, 2.05) is 0 Å². The summed E-state index contributed by atoms with van der Waals surface area (Å²) in [5.41, 5.74) is 3.99. The SMILES string of the molecule is O=S(=O)(c1ccc(N2CCOCC2)c(NC(=S)N/N=C/c2ccc(O)c(O)c2O)c1)N1CCOCC1. The highest BCUT2D eigenvalue weighted by molar-refractivity contribution is 7.89. The van der Waals surface area contributed by atoms with Crippen molar-refractivity contribution in [3.63, 3.8) is 0 Å². The van der Waals surface area contributed by atoms with Gasteiger partial charge in [-0.3, -0.25) is 5.43 Å². The lowest BCUT2D eigenvalue weighted by Crippen LogP contribution is -2.40. The van der Waals surface area contributed by atoms with E-state index in [1.165, 1.54) is 28.7 Å². The van der Waals surface area contributed by atoms with Crippen LogP contribution >= 0.6 is 12.2 Å². The van der Waals surface area contributed by atoms with Gasteiger partial charge in [-0.2, -0.15) is 9.41 Å². The molecule has 2 fully saturated rings. The lowest BCUT2D eigenvalue weighted by molar-refractivity contribution is 0.0730. The molecular formula is C22H27N5O7S2. The molecule has 0 atom stereocenters. The van der Waals surface area contributed by atoms with Crippen molar-refractivity contribution in [2.75, 3.05) is 62.8 Å². The monoisotopic (exact) mass is 537 g/mol. The third-order valence-electron chi connectivity index (χ3n) is 5.71. The average Bonchev–Trinajstić information content (AvgIpc) is 2.89. The largest absolute Gasteiger partial charge is 0.504 e. The van der Waals surface area contributed by atoms with Crippen LogP contribution in [-0.2, 0) is 19.5 Å². The number of nitrogens with zero attached hydrogens (tertiary/aromatic N) is 3. The molecule has 5 N–H and O–H groups in total. The Morgan fingerprint density at radius 1 is 0.972 bits per heavy atom. The van der Waals surface area contributed by atoms with Gasteiger partial charge in [0, 0.05) is 31.7 Å². The second kappa shape index (κ2) is 11.3. The van der Waals surface area contributed by atoms with Crippen molar-refractivity contribution in [3.05, 3.63) is 35.9 Å². The van der Waals surface area contributed by atoms with Gasteiger partial charge in [0.2, 0.25) is 15.8 Å². The number of aromatic hydroxyl groups is 3. The minimum atomic E-state index is -3.73. The summed E-state index contributed by atoms with van der Waals surface area (Å²) in [5, 5.41) is 36.0. The third kappa shape index (κ3) is 5.79. The number of anilines is 2. The van der Waals surface area contributed by atoms with Crippen LogP contribution in [0.5, 0.6) is 17.2 Å². The van der Waals surface area contributed by atoms with Gasteiger partial charge >= 0.3 is 0 Å². The zero-order valence-electron chi connectivity index (χ0n) is 19.3. The Morgan fingerprint density at radius 3 is 2.33 bits per heavy atom. The minimum absolute atomic E-state index is 0.0733. The molecule has 0 spiro atoms. The van der Waals surface area contributed by atoms with Crippen LogP contribution in [0.2, 0.25) is 0 Å². The van der Waals surface area contributed by atoms with E-state index in [9.17, 15) is 23.7 Å². The Kier molecular flexibility index (Phi) is 8.11. The van der Waals surface area contributed by atoms with Crippen molar-refractivity contribution < 1.29 is 33.2 Å². The number of morpholine rings is 2. The molecule has 0 aliphatic carbocycles. The average molecular weight is 538 g/mol. The molecule has 36 heavy (non-hydrogen) atoms. The number of hydrazone groups is 1. The van der Waals surface area contributed by atoms with E-state index in [1.54, 1.807) is 12.1 Å². The summed E-state index contributed by atoms with van der Waals surface area (Å²) in [6.07, 6.45) is 1.21. The minimum Gasteiger partial charge on any atom is -0.504 e. The summed E-state index contributed by atoms with van der Waals surface area (Å²) in [7, 11) is -3.73. The molecule has 2 aliphatic rings. The molecule has 2 aromatic carbocycles. The maximum atomic E-state index is 13.2. The lowest BCUT2D eigenvalue weighted by Gasteiger charge is -2.31. The number of thiocarbonyl (C=S) groups is 1. The molecule has 2 aromatic rings. The van der Waals surface area contributed by atoms with Gasteiger partial charge in [-0.1, -0.05) is 0 Å². The number of ether oxygens (including phenoxy) is 2. The molecule has 0 amide bonds. The Hall–Kier alpha value is -3.17. The zero-order chi connectivity index (χ0) is 25.7. The van der Waals surface area contributed by atoms with Gasteiger partial charge in [0.25, 0.3) is 0 Å². The summed E-state index contributed by atoms with van der Waals surface area (Å²) in [5.74, 6) is -1.65. The van der Waals surface area contributed by atoms with Gasteiger partial charge in [0.15, 0.2) is 16.6 Å². The number of hydrogen-bond acceptors (Lipinski definition) is 10. The fraction of sp³-hybridized carbons (Fsp3) is 0.364. The fourth-order valence-corrected chi connectivity index (χ4v) is 5.39. The van der Waals surface area contributed by atoms with E-state index in [-0.39, 0.29) is 28.7 Å². The highest BCUT2D eigenvalue weighted by Crippen LogP contribution is 2.36. The number of phenolic OH excluding ortho intramolecular Hbond substituents is 3. The quantitative estimate of drug-likeness (QED) is 0.155. The molecule has 14 heteroatoms. The molecule has 0 saturated carbocycles. The molecule has 194 valence electrons. The van der Waals surface area contributed by atoms with Crippen LogP contribution in [0.25, 0.3) is 0 Å². The molecule has 0 bridgehead atoms. The molecule has 4 rings (SSSR count). The van der Waals surface area contributed by atoms with Crippen LogP contribution in [-0.4, -0.2) is 92.0 Å². The Morgan fingerprint density at radius 2 is 1.64 bits per heavy atom. The normalized spacial score (nSPS) is 17.3. The first-order chi connectivity index (χ1) is 17.3. The van der Waals surface area contributed by atoms with Crippen LogP contribution in [0.15, 0.2) is 40.3 Å². The van der Waals surface area contributed by atoms with Gasteiger partial charge in [-0.05, 0) is 42.5 Å². The summed E-state index contributed by atoms with van der Waals surface area (Å²) >= 11 is 5.35. The van der Waals surface area contributed by atoms with Gasteiger partial charge < -0.3 is 35.0 Å². The number of benzene rings is 2.